The fourth-order valence-corrected chi connectivity index (χ4v) is 2.17. The first-order chi connectivity index (χ1) is 9.65. The van der Waals surface area contributed by atoms with Crippen LogP contribution in [0.1, 0.15) is 15.9 Å². The molecule has 0 aliphatic rings. The van der Waals surface area contributed by atoms with Gasteiger partial charge in [-0.05, 0) is 36.8 Å². The fraction of sp³-hybridized carbons (Fsp3) is 0.125. The van der Waals surface area contributed by atoms with Crippen LogP contribution in [-0.2, 0) is 7.05 Å². The van der Waals surface area contributed by atoms with Crippen LogP contribution in [0.5, 0.6) is 0 Å². The first kappa shape index (κ1) is 12.4. The Balaban J connectivity index is 1.92. The maximum absolute atomic E-state index is 12.3. The molecule has 3 rings (SSSR count). The Labute approximate surface area is 117 Å². The zero-order valence-electron chi connectivity index (χ0n) is 11.4. The number of nitrogens with one attached hydrogen (secondary N) is 1. The predicted molar refractivity (Wildman–Crippen MR) is 79.8 cm³/mol. The number of hydrogen-bond acceptors (Lipinski definition) is 2. The topological polar surface area (TPSA) is 46.9 Å². The molecule has 0 atom stereocenters. The molecule has 2 aromatic carbocycles. The summed E-state index contributed by atoms with van der Waals surface area (Å²) in [5.74, 6) is -0.109. The monoisotopic (exact) mass is 265 g/mol. The van der Waals surface area contributed by atoms with Crippen molar-refractivity contribution >= 4 is 22.6 Å². The third kappa shape index (κ3) is 2.16. The molecule has 0 spiro atoms. The van der Waals surface area contributed by atoms with E-state index in [1.54, 1.807) is 12.4 Å². The largest absolute Gasteiger partial charge is 0.334 e. The summed E-state index contributed by atoms with van der Waals surface area (Å²) in [5.41, 5.74) is 4.34. The van der Waals surface area contributed by atoms with Gasteiger partial charge in [-0.1, -0.05) is 18.2 Å². The van der Waals surface area contributed by atoms with Crippen molar-refractivity contribution in [3.63, 3.8) is 0 Å². The van der Waals surface area contributed by atoms with Crippen LogP contribution < -0.4 is 5.32 Å². The average molecular weight is 265 g/mol. The molecule has 0 aliphatic heterocycles. The second-order valence-electron chi connectivity index (χ2n) is 4.83. The lowest BCUT2D eigenvalue weighted by Gasteiger charge is -2.08. The maximum atomic E-state index is 12.3. The maximum Gasteiger partial charge on any atom is 0.255 e. The normalized spacial score (nSPS) is 10.7. The number of amides is 1. The minimum absolute atomic E-state index is 0.109. The Morgan fingerprint density at radius 3 is 2.80 bits per heavy atom. The molecule has 0 aliphatic carbocycles. The SMILES string of the molecule is Cc1ccccc1NC(=O)c1ccc2ncn(C)c2c1. The van der Waals surface area contributed by atoms with Crippen LogP contribution in [0.25, 0.3) is 11.0 Å². The standard InChI is InChI=1S/C16H15N3O/c1-11-5-3-4-6-13(11)18-16(20)12-7-8-14-15(9-12)19(2)10-17-14/h3-10H,1-2H3,(H,18,20). The minimum Gasteiger partial charge on any atom is -0.334 e. The van der Waals surface area contributed by atoms with Crippen LogP contribution in [0.15, 0.2) is 48.8 Å². The average Bonchev–Trinajstić information content (AvgIpc) is 2.82. The summed E-state index contributed by atoms with van der Waals surface area (Å²) in [4.78, 5) is 16.6. The fourth-order valence-electron chi connectivity index (χ4n) is 2.17. The lowest BCUT2D eigenvalue weighted by Crippen LogP contribution is -2.12. The third-order valence-electron chi connectivity index (χ3n) is 3.38. The van der Waals surface area contributed by atoms with E-state index in [0.29, 0.717) is 5.56 Å². The summed E-state index contributed by atoms with van der Waals surface area (Å²) in [5, 5.41) is 2.93. The van der Waals surface area contributed by atoms with Crippen molar-refractivity contribution in [2.45, 2.75) is 6.92 Å². The highest BCUT2D eigenvalue weighted by molar-refractivity contribution is 6.06. The second kappa shape index (κ2) is 4.81. The molecule has 1 N–H and O–H groups in total. The molecule has 0 bridgehead atoms. The molecule has 0 unspecified atom stereocenters. The van der Waals surface area contributed by atoms with Gasteiger partial charge in [0.25, 0.3) is 5.91 Å². The first-order valence-corrected chi connectivity index (χ1v) is 6.43. The van der Waals surface area contributed by atoms with Crippen LogP contribution in [0.4, 0.5) is 5.69 Å². The molecule has 3 aromatic rings. The Bertz CT molecular complexity index is 789. The van der Waals surface area contributed by atoms with Crippen molar-refractivity contribution < 1.29 is 4.79 Å². The van der Waals surface area contributed by atoms with Crippen LogP contribution >= 0.6 is 0 Å². The first-order valence-electron chi connectivity index (χ1n) is 6.43. The van der Waals surface area contributed by atoms with Gasteiger partial charge in [-0.2, -0.15) is 0 Å². The summed E-state index contributed by atoms with van der Waals surface area (Å²) in [6.45, 7) is 1.97. The highest BCUT2D eigenvalue weighted by Gasteiger charge is 2.09. The lowest BCUT2D eigenvalue weighted by molar-refractivity contribution is 0.102. The Kier molecular flexibility index (Phi) is 2.99. The van der Waals surface area contributed by atoms with Gasteiger partial charge >= 0.3 is 0 Å². The van der Waals surface area contributed by atoms with Crippen molar-refractivity contribution in [1.82, 2.24) is 9.55 Å². The number of carbonyl (C=O) groups is 1. The van der Waals surface area contributed by atoms with Gasteiger partial charge in [0, 0.05) is 18.3 Å². The molecule has 1 aromatic heterocycles. The van der Waals surface area contributed by atoms with Gasteiger partial charge in [0.1, 0.15) is 0 Å². The molecule has 100 valence electrons. The molecule has 20 heavy (non-hydrogen) atoms. The molecule has 0 radical (unpaired) electrons. The summed E-state index contributed by atoms with van der Waals surface area (Å²) >= 11 is 0. The van der Waals surface area contributed by atoms with Gasteiger partial charge in [-0.15, -0.1) is 0 Å². The van der Waals surface area contributed by atoms with E-state index < -0.39 is 0 Å². The van der Waals surface area contributed by atoms with Gasteiger partial charge in [-0.25, -0.2) is 4.98 Å². The smallest absolute Gasteiger partial charge is 0.255 e. The number of rotatable bonds is 2. The predicted octanol–water partition coefficient (Wildman–Crippen LogP) is 3.13. The summed E-state index contributed by atoms with van der Waals surface area (Å²) in [6.07, 6.45) is 1.74. The molecule has 0 fully saturated rings. The van der Waals surface area contributed by atoms with Crippen LogP contribution in [-0.4, -0.2) is 15.5 Å². The summed E-state index contributed by atoms with van der Waals surface area (Å²) in [7, 11) is 1.92. The van der Waals surface area contributed by atoms with Crippen LogP contribution in [0, 0.1) is 6.92 Å². The Morgan fingerprint density at radius 2 is 2.00 bits per heavy atom. The number of aromatic nitrogens is 2. The molecule has 4 nitrogen and oxygen atoms in total. The molecule has 0 saturated heterocycles. The van der Waals surface area contributed by atoms with Gasteiger partial charge in [-0.3, -0.25) is 4.79 Å². The zero-order valence-corrected chi connectivity index (χ0v) is 11.4. The Hall–Kier alpha value is -2.62. The molecular weight excluding hydrogens is 250 g/mol. The number of benzene rings is 2. The lowest BCUT2D eigenvalue weighted by atomic mass is 10.1. The molecule has 4 heteroatoms. The van der Waals surface area contributed by atoms with Crippen molar-refractivity contribution in [1.29, 1.82) is 0 Å². The van der Waals surface area contributed by atoms with Crippen molar-refractivity contribution in [3.05, 3.63) is 59.9 Å². The van der Waals surface area contributed by atoms with E-state index >= 15 is 0 Å². The van der Waals surface area contributed by atoms with Gasteiger partial charge in [0.05, 0.1) is 17.4 Å². The van der Waals surface area contributed by atoms with E-state index in [-0.39, 0.29) is 5.91 Å². The molecule has 0 saturated carbocycles. The van der Waals surface area contributed by atoms with E-state index in [1.165, 1.54) is 0 Å². The molecule has 1 amide bonds. The number of carbonyl (C=O) groups excluding carboxylic acids is 1. The van der Waals surface area contributed by atoms with E-state index in [1.807, 2.05) is 54.9 Å². The quantitative estimate of drug-likeness (QED) is 0.773. The van der Waals surface area contributed by atoms with E-state index in [4.69, 9.17) is 0 Å². The number of fused-ring (bicyclic) bond motifs is 1. The van der Waals surface area contributed by atoms with E-state index in [9.17, 15) is 4.79 Å². The number of aryl methyl sites for hydroxylation is 2. The van der Waals surface area contributed by atoms with Crippen molar-refractivity contribution in [2.75, 3.05) is 5.32 Å². The number of imidazole rings is 1. The highest BCUT2D eigenvalue weighted by Crippen LogP contribution is 2.17. The van der Waals surface area contributed by atoms with Crippen molar-refractivity contribution in [3.8, 4) is 0 Å². The number of hydrogen-bond donors (Lipinski definition) is 1. The zero-order chi connectivity index (χ0) is 14.1. The van der Waals surface area contributed by atoms with Crippen molar-refractivity contribution in [2.24, 2.45) is 7.05 Å². The Morgan fingerprint density at radius 1 is 1.20 bits per heavy atom. The number of nitrogens with zero attached hydrogens (tertiary/aromatic N) is 2. The second-order valence-corrected chi connectivity index (χ2v) is 4.83. The molecule has 1 heterocycles. The van der Waals surface area contributed by atoms with Crippen LogP contribution in [0.2, 0.25) is 0 Å². The highest BCUT2D eigenvalue weighted by atomic mass is 16.1. The number of anilines is 1. The van der Waals surface area contributed by atoms with Crippen LogP contribution in [0.3, 0.4) is 0 Å². The van der Waals surface area contributed by atoms with E-state index in [2.05, 4.69) is 10.3 Å². The number of para-hydroxylation sites is 1. The van der Waals surface area contributed by atoms with Gasteiger partial charge in [0.2, 0.25) is 0 Å². The summed E-state index contributed by atoms with van der Waals surface area (Å²) < 4.78 is 1.90. The van der Waals surface area contributed by atoms with Gasteiger partial charge in [0.15, 0.2) is 0 Å². The minimum atomic E-state index is -0.109. The van der Waals surface area contributed by atoms with E-state index in [0.717, 1.165) is 22.3 Å². The third-order valence-corrected chi connectivity index (χ3v) is 3.38. The molecular formula is C16H15N3O. The van der Waals surface area contributed by atoms with Gasteiger partial charge < -0.3 is 9.88 Å². The summed E-state index contributed by atoms with van der Waals surface area (Å²) in [6, 6.07) is 13.2.